The molecule has 0 spiro atoms. The number of nitrogens with one attached hydrogen (secondary N) is 2. The van der Waals surface area contributed by atoms with Crippen LogP contribution in [0.25, 0.3) is 0 Å². The van der Waals surface area contributed by atoms with Crippen LogP contribution in [0.15, 0.2) is 12.1 Å². The maximum Gasteiger partial charge on any atom is 0.326 e. The van der Waals surface area contributed by atoms with Gasteiger partial charge in [-0.25, -0.2) is 22.8 Å². The van der Waals surface area contributed by atoms with Crippen LogP contribution in [0.3, 0.4) is 0 Å². The summed E-state index contributed by atoms with van der Waals surface area (Å²) in [6.45, 7) is 0. The third-order valence-corrected chi connectivity index (χ3v) is 2.24. The Hall–Kier alpha value is -2.78. The van der Waals surface area contributed by atoms with Gasteiger partial charge in [0.25, 0.3) is 0 Å². The van der Waals surface area contributed by atoms with E-state index in [2.05, 4.69) is 0 Å². The third kappa shape index (κ3) is 4.67. The topological polar surface area (TPSA) is 116 Å². The van der Waals surface area contributed by atoms with Crippen molar-refractivity contribution >= 4 is 23.7 Å². The normalized spacial score (nSPS) is 11.6. The first-order valence-electron chi connectivity index (χ1n) is 5.37. The van der Waals surface area contributed by atoms with Gasteiger partial charge in [0.15, 0.2) is 11.6 Å². The maximum atomic E-state index is 13.2. The number of carboxylic acid groups (broad SMARTS) is 2. The van der Waals surface area contributed by atoms with Crippen molar-refractivity contribution in [3.63, 3.8) is 0 Å². The molecule has 1 rings (SSSR count). The lowest BCUT2D eigenvalue weighted by molar-refractivity contribution is -0.145. The third-order valence-electron chi connectivity index (χ3n) is 2.24. The van der Waals surface area contributed by atoms with E-state index in [4.69, 9.17) is 10.2 Å². The van der Waals surface area contributed by atoms with Crippen LogP contribution >= 0.6 is 0 Å². The molecule has 2 amide bonds. The number of carboxylic acids is 2. The van der Waals surface area contributed by atoms with Gasteiger partial charge < -0.3 is 20.8 Å². The molecule has 0 saturated heterocycles. The van der Waals surface area contributed by atoms with Crippen LogP contribution in [0, 0.1) is 17.5 Å². The van der Waals surface area contributed by atoms with Gasteiger partial charge in [-0.15, -0.1) is 0 Å². The average Bonchev–Trinajstić information content (AvgIpc) is 2.34. The van der Waals surface area contributed by atoms with Crippen LogP contribution in [0.1, 0.15) is 6.42 Å². The number of urea groups is 1. The zero-order valence-electron chi connectivity index (χ0n) is 10.2. The molecule has 114 valence electrons. The first-order chi connectivity index (χ1) is 9.70. The van der Waals surface area contributed by atoms with Gasteiger partial charge in [0, 0.05) is 12.1 Å². The van der Waals surface area contributed by atoms with Crippen molar-refractivity contribution in [2.24, 2.45) is 0 Å². The fourth-order valence-electron chi connectivity index (χ4n) is 1.31. The van der Waals surface area contributed by atoms with Crippen LogP contribution in [0.5, 0.6) is 0 Å². The van der Waals surface area contributed by atoms with E-state index in [1.165, 1.54) is 0 Å². The molecule has 0 aromatic heterocycles. The standard InChI is InChI=1S/C11H9F3N2O5/c12-4-1-6(14)7(2-5(4)13)15-11(21)16-8(10(19)20)3-9(17)18/h1-2,8H,3H2,(H,17,18)(H,19,20)(H2,15,16,21)/t8-/m0/s1. The van der Waals surface area contributed by atoms with Crippen molar-refractivity contribution in [3.8, 4) is 0 Å². The second-order valence-electron chi connectivity index (χ2n) is 3.83. The van der Waals surface area contributed by atoms with Crippen LogP contribution in [0.2, 0.25) is 0 Å². The Morgan fingerprint density at radius 3 is 2.14 bits per heavy atom. The van der Waals surface area contributed by atoms with Gasteiger partial charge in [0.05, 0.1) is 12.1 Å². The minimum absolute atomic E-state index is 0.191. The van der Waals surface area contributed by atoms with E-state index in [9.17, 15) is 27.6 Å². The Morgan fingerprint density at radius 2 is 1.62 bits per heavy atom. The van der Waals surface area contributed by atoms with Gasteiger partial charge in [0.2, 0.25) is 0 Å². The summed E-state index contributed by atoms with van der Waals surface area (Å²) in [4.78, 5) is 32.5. The molecule has 1 aromatic rings. The van der Waals surface area contributed by atoms with Crippen molar-refractivity contribution in [1.29, 1.82) is 0 Å². The molecule has 0 aliphatic carbocycles. The lowest BCUT2D eigenvalue weighted by Crippen LogP contribution is -2.44. The number of carbonyl (C=O) groups excluding carboxylic acids is 1. The lowest BCUT2D eigenvalue weighted by Gasteiger charge is -2.13. The van der Waals surface area contributed by atoms with Crippen LogP contribution in [-0.4, -0.2) is 34.2 Å². The maximum absolute atomic E-state index is 13.2. The molecule has 21 heavy (non-hydrogen) atoms. The fourth-order valence-corrected chi connectivity index (χ4v) is 1.31. The van der Waals surface area contributed by atoms with Gasteiger partial charge in [-0.3, -0.25) is 4.79 Å². The summed E-state index contributed by atoms with van der Waals surface area (Å²) in [6.07, 6.45) is -0.914. The molecular formula is C11H9F3N2O5. The molecule has 0 fully saturated rings. The Kier molecular flexibility index (Phi) is 5.11. The Bertz CT molecular complexity index is 593. The summed E-state index contributed by atoms with van der Waals surface area (Å²) in [7, 11) is 0. The predicted octanol–water partition coefficient (Wildman–Crippen LogP) is 1.15. The molecule has 10 heteroatoms. The first kappa shape index (κ1) is 16.3. The SMILES string of the molecule is O=C(O)C[C@H](NC(=O)Nc1cc(F)c(F)cc1F)C(=O)O. The van der Waals surface area contributed by atoms with E-state index in [0.29, 0.717) is 6.07 Å². The smallest absolute Gasteiger partial charge is 0.326 e. The lowest BCUT2D eigenvalue weighted by atomic mass is 10.2. The van der Waals surface area contributed by atoms with Gasteiger partial charge in [-0.2, -0.15) is 0 Å². The minimum atomic E-state index is -1.77. The quantitative estimate of drug-likeness (QED) is 0.609. The highest BCUT2D eigenvalue weighted by Crippen LogP contribution is 2.18. The molecule has 1 aromatic carbocycles. The van der Waals surface area contributed by atoms with Crippen molar-refractivity contribution in [2.75, 3.05) is 5.32 Å². The monoisotopic (exact) mass is 306 g/mol. The van der Waals surface area contributed by atoms with Gasteiger partial charge in [-0.1, -0.05) is 0 Å². The van der Waals surface area contributed by atoms with E-state index in [0.717, 1.165) is 0 Å². The average molecular weight is 306 g/mol. The molecule has 0 aliphatic rings. The second-order valence-corrected chi connectivity index (χ2v) is 3.83. The van der Waals surface area contributed by atoms with Gasteiger partial charge >= 0.3 is 18.0 Å². The second kappa shape index (κ2) is 6.59. The van der Waals surface area contributed by atoms with E-state index in [1.54, 1.807) is 10.6 Å². The zero-order chi connectivity index (χ0) is 16.2. The largest absolute Gasteiger partial charge is 0.481 e. The Labute approximate surface area is 115 Å². The zero-order valence-corrected chi connectivity index (χ0v) is 10.2. The Morgan fingerprint density at radius 1 is 1.05 bits per heavy atom. The number of rotatable bonds is 5. The molecule has 0 radical (unpaired) electrons. The highest BCUT2D eigenvalue weighted by atomic mass is 19.2. The first-order valence-corrected chi connectivity index (χ1v) is 5.37. The van der Waals surface area contributed by atoms with Crippen molar-refractivity contribution < 1.29 is 37.8 Å². The highest BCUT2D eigenvalue weighted by Gasteiger charge is 2.23. The highest BCUT2D eigenvalue weighted by molar-refractivity contribution is 5.93. The van der Waals surface area contributed by atoms with E-state index in [1.807, 2.05) is 0 Å². The number of hydrogen-bond acceptors (Lipinski definition) is 3. The van der Waals surface area contributed by atoms with Crippen molar-refractivity contribution in [3.05, 3.63) is 29.6 Å². The summed E-state index contributed by atoms with van der Waals surface area (Å²) in [6, 6.07) is -2.50. The number of carbonyl (C=O) groups is 3. The predicted molar refractivity (Wildman–Crippen MR) is 62.1 cm³/mol. The van der Waals surface area contributed by atoms with Gasteiger partial charge in [-0.05, 0) is 0 Å². The summed E-state index contributed by atoms with van der Waals surface area (Å²) < 4.78 is 38.8. The fraction of sp³-hybridized carbons (Fsp3) is 0.182. The number of amides is 2. The molecular weight excluding hydrogens is 297 g/mol. The number of hydrogen-bond donors (Lipinski definition) is 4. The molecule has 0 heterocycles. The van der Waals surface area contributed by atoms with Crippen LogP contribution in [-0.2, 0) is 9.59 Å². The molecule has 0 saturated carbocycles. The molecule has 0 unspecified atom stereocenters. The summed E-state index contributed by atoms with van der Waals surface area (Å²) in [5.41, 5.74) is -0.731. The minimum Gasteiger partial charge on any atom is -0.481 e. The molecule has 7 nitrogen and oxygen atoms in total. The number of benzene rings is 1. The summed E-state index contributed by atoms with van der Waals surface area (Å²) in [5, 5.41) is 20.6. The van der Waals surface area contributed by atoms with E-state index < -0.39 is 53.6 Å². The number of anilines is 1. The summed E-state index contributed by atoms with van der Waals surface area (Å²) in [5.74, 6) is -7.28. The van der Waals surface area contributed by atoms with Crippen LogP contribution in [0.4, 0.5) is 23.7 Å². The van der Waals surface area contributed by atoms with Crippen LogP contribution < -0.4 is 10.6 Å². The molecule has 4 N–H and O–H groups in total. The Balaban J connectivity index is 2.79. The van der Waals surface area contributed by atoms with E-state index >= 15 is 0 Å². The molecule has 0 bridgehead atoms. The summed E-state index contributed by atoms with van der Waals surface area (Å²) >= 11 is 0. The van der Waals surface area contributed by atoms with Crippen molar-refractivity contribution in [1.82, 2.24) is 5.32 Å². The number of aliphatic carboxylic acids is 2. The molecule has 1 atom stereocenters. The van der Waals surface area contributed by atoms with Gasteiger partial charge in [0.1, 0.15) is 11.9 Å². The van der Waals surface area contributed by atoms with Crippen molar-refractivity contribution in [2.45, 2.75) is 12.5 Å². The van der Waals surface area contributed by atoms with E-state index in [-0.39, 0.29) is 6.07 Å². The molecule has 0 aliphatic heterocycles. The number of halogens is 3.